The number of methoxy groups -OCH3 is 1. The van der Waals surface area contributed by atoms with Crippen LogP contribution in [0.3, 0.4) is 0 Å². The molecule has 23 heavy (non-hydrogen) atoms. The summed E-state index contributed by atoms with van der Waals surface area (Å²) < 4.78 is 18.3. The zero-order valence-corrected chi connectivity index (χ0v) is 12.8. The standard InChI is InChI=1S/C18H15NO4/c1-19-13-6-4-3-5-12(13)15(20)9-14(19)11-7-16(21-2)18-17(8-11)22-10-23-18/h3-9H,10H2,1-2H3. The zero-order valence-electron chi connectivity index (χ0n) is 12.8. The van der Waals surface area contributed by atoms with Crippen LogP contribution in [0.5, 0.6) is 17.2 Å². The molecule has 0 fully saturated rings. The highest BCUT2D eigenvalue weighted by Crippen LogP contribution is 2.44. The minimum Gasteiger partial charge on any atom is -0.493 e. The molecule has 1 aromatic heterocycles. The molecule has 0 spiro atoms. The lowest BCUT2D eigenvalue weighted by molar-refractivity contribution is 0.171. The van der Waals surface area contributed by atoms with Gasteiger partial charge in [-0.15, -0.1) is 0 Å². The van der Waals surface area contributed by atoms with Gasteiger partial charge < -0.3 is 18.8 Å². The van der Waals surface area contributed by atoms with Gasteiger partial charge in [0.2, 0.25) is 12.5 Å². The molecule has 5 heteroatoms. The van der Waals surface area contributed by atoms with E-state index in [1.807, 2.05) is 48.0 Å². The van der Waals surface area contributed by atoms with Gasteiger partial charge in [0, 0.05) is 24.1 Å². The van der Waals surface area contributed by atoms with Crippen LogP contribution in [0.15, 0.2) is 47.3 Å². The third kappa shape index (κ3) is 2.04. The lowest BCUT2D eigenvalue weighted by atomic mass is 10.1. The Morgan fingerprint density at radius 1 is 1.13 bits per heavy atom. The summed E-state index contributed by atoms with van der Waals surface area (Å²) in [6, 6.07) is 12.9. The van der Waals surface area contributed by atoms with Crippen molar-refractivity contribution in [2.24, 2.45) is 7.05 Å². The van der Waals surface area contributed by atoms with Crippen molar-refractivity contribution in [1.29, 1.82) is 0 Å². The van der Waals surface area contributed by atoms with Crippen molar-refractivity contribution >= 4 is 10.9 Å². The Morgan fingerprint density at radius 2 is 1.96 bits per heavy atom. The van der Waals surface area contributed by atoms with E-state index in [0.717, 1.165) is 16.8 Å². The van der Waals surface area contributed by atoms with Gasteiger partial charge in [0.05, 0.1) is 18.3 Å². The maximum atomic E-state index is 12.4. The van der Waals surface area contributed by atoms with Crippen LogP contribution in [0, 0.1) is 0 Å². The molecule has 0 radical (unpaired) electrons. The second-order valence-electron chi connectivity index (χ2n) is 5.38. The van der Waals surface area contributed by atoms with E-state index in [0.29, 0.717) is 22.6 Å². The summed E-state index contributed by atoms with van der Waals surface area (Å²) in [6.45, 7) is 0.172. The van der Waals surface area contributed by atoms with Crippen LogP contribution in [-0.2, 0) is 7.05 Å². The van der Waals surface area contributed by atoms with E-state index in [4.69, 9.17) is 14.2 Å². The first-order valence-electron chi connectivity index (χ1n) is 7.26. The number of aryl methyl sites for hydroxylation is 1. The van der Waals surface area contributed by atoms with E-state index in [1.165, 1.54) is 0 Å². The molecular formula is C18H15NO4. The maximum absolute atomic E-state index is 12.4. The molecule has 4 rings (SSSR count). The highest BCUT2D eigenvalue weighted by atomic mass is 16.7. The van der Waals surface area contributed by atoms with E-state index in [1.54, 1.807) is 13.2 Å². The summed E-state index contributed by atoms with van der Waals surface area (Å²) in [4.78, 5) is 12.4. The third-order valence-electron chi connectivity index (χ3n) is 4.11. The second kappa shape index (κ2) is 5.05. The highest BCUT2D eigenvalue weighted by Gasteiger charge is 2.21. The summed E-state index contributed by atoms with van der Waals surface area (Å²) in [5.41, 5.74) is 2.51. The smallest absolute Gasteiger partial charge is 0.231 e. The van der Waals surface area contributed by atoms with E-state index >= 15 is 0 Å². The molecular weight excluding hydrogens is 294 g/mol. The van der Waals surface area contributed by atoms with Crippen LogP contribution in [0.25, 0.3) is 22.2 Å². The van der Waals surface area contributed by atoms with Gasteiger partial charge in [-0.05, 0) is 24.3 Å². The molecule has 0 bridgehead atoms. The summed E-state index contributed by atoms with van der Waals surface area (Å²) in [6.07, 6.45) is 0. The first kappa shape index (κ1) is 13.7. The normalized spacial score (nSPS) is 12.6. The quantitative estimate of drug-likeness (QED) is 0.730. The van der Waals surface area contributed by atoms with Crippen molar-refractivity contribution in [2.45, 2.75) is 0 Å². The number of rotatable bonds is 2. The third-order valence-corrected chi connectivity index (χ3v) is 4.11. The number of fused-ring (bicyclic) bond motifs is 2. The van der Waals surface area contributed by atoms with Gasteiger partial charge in [-0.25, -0.2) is 0 Å². The summed E-state index contributed by atoms with van der Waals surface area (Å²) >= 11 is 0. The molecule has 0 saturated carbocycles. The highest BCUT2D eigenvalue weighted by molar-refractivity contribution is 5.83. The van der Waals surface area contributed by atoms with Crippen molar-refractivity contribution in [3.05, 3.63) is 52.7 Å². The molecule has 0 aliphatic carbocycles. The van der Waals surface area contributed by atoms with Crippen LogP contribution in [0.4, 0.5) is 0 Å². The first-order valence-corrected chi connectivity index (χ1v) is 7.26. The minimum atomic E-state index is -0.00895. The molecule has 1 aliphatic rings. The van der Waals surface area contributed by atoms with Gasteiger partial charge in [0.1, 0.15) is 0 Å². The second-order valence-corrected chi connectivity index (χ2v) is 5.38. The predicted octanol–water partition coefficient (Wildman–Crippen LogP) is 2.94. The molecule has 0 amide bonds. The number of para-hydroxylation sites is 1. The van der Waals surface area contributed by atoms with Gasteiger partial charge in [-0.2, -0.15) is 0 Å². The van der Waals surface area contributed by atoms with Crippen molar-refractivity contribution in [1.82, 2.24) is 4.57 Å². The number of hydrogen-bond donors (Lipinski definition) is 0. The fourth-order valence-electron chi connectivity index (χ4n) is 2.96. The number of pyridine rings is 1. The minimum absolute atomic E-state index is 0.00895. The molecule has 5 nitrogen and oxygen atoms in total. The van der Waals surface area contributed by atoms with Gasteiger partial charge in [0.15, 0.2) is 16.9 Å². The molecule has 2 heterocycles. The van der Waals surface area contributed by atoms with Crippen molar-refractivity contribution in [2.75, 3.05) is 13.9 Å². The lowest BCUT2D eigenvalue weighted by Gasteiger charge is -2.14. The molecule has 0 atom stereocenters. The Morgan fingerprint density at radius 3 is 2.78 bits per heavy atom. The van der Waals surface area contributed by atoms with Gasteiger partial charge in [0.25, 0.3) is 0 Å². The predicted molar refractivity (Wildman–Crippen MR) is 87.3 cm³/mol. The molecule has 0 saturated heterocycles. The van der Waals surface area contributed by atoms with Gasteiger partial charge in [-0.1, -0.05) is 12.1 Å². The Kier molecular flexibility index (Phi) is 3.01. The number of nitrogens with zero attached hydrogens (tertiary/aromatic N) is 1. The summed E-state index contributed by atoms with van der Waals surface area (Å²) in [7, 11) is 3.52. The average Bonchev–Trinajstić information content (AvgIpc) is 3.06. The molecule has 0 N–H and O–H groups in total. The number of ether oxygens (including phenoxy) is 3. The van der Waals surface area contributed by atoms with E-state index in [9.17, 15) is 4.79 Å². The van der Waals surface area contributed by atoms with Crippen LogP contribution in [0.2, 0.25) is 0 Å². The molecule has 2 aromatic carbocycles. The molecule has 3 aromatic rings. The molecule has 0 unspecified atom stereocenters. The first-order chi connectivity index (χ1) is 11.2. The summed E-state index contributed by atoms with van der Waals surface area (Å²) in [5.74, 6) is 1.82. The zero-order chi connectivity index (χ0) is 16.0. The van der Waals surface area contributed by atoms with E-state index in [-0.39, 0.29) is 12.2 Å². The average molecular weight is 309 g/mol. The molecule has 116 valence electrons. The monoisotopic (exact) mass is 309 g/mol. The largest absolute Gasteiger partial charge is 0.493 e. The van der Waals surface area contributed by atoms with Crippen LogP contribution in [-0.4, -0.2) is 18.5 Å². The van der Waals surface area contributed by atoms with Crippen LogP contribution < -0.4 is 19.6 Å². The van der Waals surface area contributed by atoms with Crippen LogP contribution >= 0.6 is 0 Å². The van der Waals surface area contributed by atoms with Gasteiger partial charge in [-0.3, -0.25) is 4.79 Å². The van der Waals surface area contributed by atoms with Crippen molar-refractivity contribution in [3.8, 4) is 28.5 Å². The number of benzene rings is 2. The SMILES string of the molecule is COc1cc(-c2cc(=O)c3ccccc3n2C)cc2c1OCO2. The Labute approximate surface area is 132 Å². The Balaban J connectivity index is 2.00. The Hall–Kier alpha value is -2.95. The maximum Gasteiger partial charge on any atom is 0.231 e. The fourth-order valence-corrected chi connectivity index (χ4v) is 2.96. The van der Waals surface area contributed by atoms with Crippen LogP contribution in [0.1, 0.15) is 0 Å². The topological polar surface area (TPSA) is 49.7 Å². The van der Waals surface area contributed by atoms with E-state index < -0.39 is 0 Å². The van der Waals surface area contributed by atoms with Crippen molar-refractivity contribution in [3.63, 3.8) is 0 Å². The van der Waals surface area contributed by atoms with Gasteiger partial charge >= 0.3 is 0 Å². The molecule has 1 aliphatic heterocycles. The summed E-state index contributed by atoms with van der Waals surface area (Å²) in [5, 5.41) is 0.700. The number of aromatic nitrogens is 1. The van der Waals surface area contributed by atoms with E-state index in [2.05, 4.69) is 0 Å². The fraction of sp³-hybridized carbons (Fsp3) is 0.167. The Bertz CT molecular complexity index is 975. The van der Waals surface area contributed by atoms with Crippen molar-refractivity contribution < 1.29 is 14.2 Å². The lowest BCUT2D eigenvalue weighted by Crippen LogP contribution is -2.08. The number of hydrogen-bond acceptors (Lipinski definition) is 4.